The Hall–Kier alpha value is -1.42. The number of rotatable bonds is 3. The lowest BCUT2D eigenvalue weighted by Crippen LogP contribution is -2.45. The van der Waals surface area contributed by atoms with Crippen LogP contribution in [0.2, 0.25) is 0 Å². The van der Waals surface area contributed by atoms with Crippen molar-refractivity contribution in [3.8, 4) is 0 Å². The third-order valence-electron chi connectivity index (χ3n) is 3.86. The number of carbonyl (C=O) groups excluding carboxylic acids is 1. The topological polar surface area (TPSA) is 32.3 Å². The first-order valence-corrected chi connectivity index (χ1v) is 6.87. The fourth-order valence-electron chi connectivity index (χ4n) is 2.36. The van der Waals surface area contributed by atoms with Crippen molar-refractivity contribution in [1.29, 1.82) is 0 Å². The number of hydrogen-bond acceptors (Lipinski definition) is 2. The quantitative estimate of drug-likeness (QED) is 0.910. The molecule has 0 aromatic heterocycles. The van der Waals surface area contributed by atoms with Crippen molar-refractivity contribution < 1.29 is 9.18 Å². The van der Waals surface area contributed by atoms with E-state index in [0.717, 1.165) is 31.8 Å². The molecule has 0 spiro atoms. The van der Waals surface area contributed by atoms with Crippen LogP contribution < -0.4 is 5.32 Å². The Morgan fingerprint density at radius 1 is 1.32 bits per heavy atom. The average Bonchev–Trinajstić information content (AvgIpc) is 2.41. The molecule has 3 nitrogen and oxygen atoms in total. The summed E-state index contributed by atoms with van der Waals surface area (Å²) >= 11 is 0. The van der Waals surface area contributed by atoms with Gasteiger partial charge in [0.05, 0.1) is 6.04 Å². The van der Waals surface area contributed by atoms with Gasteiger partial charge in [-0.3, -0.25) is 9.69 Å². The highest BCUT2D eigenvalue weighted by molar-refractivity contribution is 5.94. The van der Waals surface area contributed by atoms with Gasteiger partial charge >= 0.3 is 0 Å². The molecule has 0 unspecified atom stereocenters. The molecule has 1 saturated heterocycles. The average molecular weight is 264 g/mol. The molecule has 1 aromatic carbocycles. The first kappa shape index (κ1) is 14.0. The Morgan fingerprint density at radius 2 is 1.89 bits per heavy atom. The van der Waals surface area contributed by atoms with Crippen LogP contribution in [0.4, 0.5) is 10.1 Å². The minimum Gasteiger partial charge on any atom is -0.325 e. The predicted octanol–water partition coefficient (Wildman–Crippen LogP) is 2.88. The Balaban J connectivity index is 1.90. The first-order chi connectivity index (χ1) is 9.06. The van der Waals surface area contributed by atoms with Gasteiger partial charge in [-0.1, -0.05) is 6.92 Å². The Kier molecular flexibility index (Phi) is 4.53. The number of likely N-dealkylation sites (tertiary alicyclic amines) is 1. The van der Waals surface area contributed by atoms with Gasteiger partial charge in [-0.15, -0.1) is 0 Å². The summed E-state index contributed by atoms with van der Waals surface area (Å²) in [5.41, 5.74) is 0.642. The minimum atomic E-state index is -0.295. The van der Waals surface area contributed by atoms with E-state index < -0.39 is 0 Å². The molecular weight excluding hydrogens is 243 g/mol. The summed E-state index contributed by atoms with van der Waals surface area (Å²) in [4.78, 5) is 14.3. The third-order valence-corrected chi connectivity index (χ3v) is 3.86. The van der Waals surface area contributed by atoms with Crippen molar-refractivity contribution >= 4 is 11.6 Å². The highest BCUT2D eigenvalue weighted by Crippen LogP contribution is 2.18. The normalized spacial score (nSPS) is 19.1. The smallest absolute Gasteiger partial charge is 0.241 e. The Labute approximate surface area is 113 Å². The summed E-state index contributed by atoms with van der Waals surface area (Å²) in [5.74, 6) is 0.431. The molecule has 19 heavy (non-hydrogen) atoms. The molecule has 1 heterocycles. The monoisotopic (exact) mass is 264 g/mol. The van der Waals surface area contributed by atoms with Crippen molar-refractivity contribution in [1.82, 2.24) is 4.90 Å². The van der Waals surface area contributed by atoms with Crippen molar-refractivity contribution in [2.24, 2.45) is 5.92 Å². The maximum atomic E-state index is 12.8. The second-order valence-electron chi connectivity index (χ2n) is 5.39. The molecule has 1 aliphatic rings. The van der Waals surface area contributed by atoms with Crippen molar-refractivity contribution in [3.63, 3.8) is 0 Å². The van der Waals surface area contributed by atoms with Crippen LogP contribution in [0.1, 0.15) is 26.7 Å². The molecule has 1 aromatic rings. The highest BCUT2D eigenvalue weighted by atomic mass is 19.1. The molecule has 1 N–H and O–H groups in total. The largest absolute Gasteiger partial charge is 0.325 e. The summed E-state index contributed by atoms with van der Waals surface area (Å²) in [6.45, 7) is 6.12. The number of halogens is 1. The summed E-state index contributed by atoms with van der Waals surface area (Å²) in [6, 6.07) is 5.72. The number of benzene rings is 1. The van der Waals surface area contributed by atoms with E-state index in [9.17, 15) is 9.18 Å². The van der Waals surface area contributed by atoms with Gasteiger partial charge < -0.3 is 5.32 Å². The van der Waals surface area contributed by atoms with Gasteiger partial charge in [0, 0.05) is 5.69 Å². The van der Waals surface area contributed by atoms with Crippen LogP contribution >= 0.6 is 0 Å². The summed E-state index contributed by atoms with van der Waals surface area (Å²) < 4.78 is 12.8. The van der Waals surface area contributed by atoms with Crippen molar-refractivity contribution in [2.75, 3.05) is 18.4 Å². The Morgan fingerprint density at radius 3 is 2.47 bits per heavy atom. The molecule has 1 aliphatic heterocycles. The van der Waals surface area contributed by atoms with E-state index in [1.807, 2.05) is 6.92 Å². The zero-order valence-electron chi connectivity index (χ0n) is 11.5. The van der Waals surface area contributed by atoms with Crippen molar-refractivity contribution in [2.45, 2.75) is 32.7 Å². The van der Waals surface area contributed by atoms with Gasteiger partial charge in [0.2, 0.25) is 5.91 Å². The molecule has 1 fully saturated rings. The van der Waals surface area contributed by atoms with Crippen LogP contribution in [0.25, 0.3) is 0 Å². The number of nitrogens with one attached hydrogen (secondary N) is 1. The van der Waals surface area contributed by atoms with E-state index in [-0.39, 0.29) is 17.8 Å². The number of hydrogen-bond donors (Lipinski definition) is 1. The summed E-state index contributed by atoms with van der Waals surface area (Å²) in [6.07, 6.45) is 2.29. The molecular formula is C15H21FN2O. The molecule has 0 bridgehead atoms. The summed E-state index contributed by atoms with van der Waals surface area (Å²) in [7, 11) is 0. The van der Waals surface area contributed by atoms with Crippen LogP contribution in [0.3, 0.4) is 0 Å². The predicted molar refractivity (Wildman–Crippen MR) is 74.5 cm³/mol. The van der Waals surface area contributed by atoms with Gasteiger partial charge in [-0.25, -0.2) is 4.39 Å². The zero-order chi connectivity index (χ0) is 13.8. The first-order valence-electron chi connectivity index (χ1n) is 6.87. The number of carbonyl (C=O) groups is 1. The lowest BCUT2D eigenvalue weighted by Gasteiger charge is -2.34. The van der Waals surface area contributed by atoms with E-state index in [0.29, 0.717) is 5.69 Å². The van der Waals surface area contributed by atoms with E-state index in [4.69, 9.17) is 0 Å². The lowest BCUT2D eigenvalue weighted by molar-refractivity contribution is -0.121. The standard InChI is InChI=1S/C15H21FN2O/c1-11-7-9-18(10-8-11)12(2)15(19)17-14-5-3-13(16)4-6-14/h3-6,11-12H,7-10H2,1-2H3,(H,17,19)/t12-/m0/s1. The third kappa shape index (κ3) is 3.77. The molecule has 0 radical (unpaired) electrons. The number of piperidine rings is 1. The van der Waals surface area contributed by atoms with Gasteiger partial charge in [-0.2, -0.15) is 0 Å². The zero-order valence-corrected chi connectivity index (χ0v) is 11.5. The Bertz CT molecular complexity index is 424. The SMILES string of the molecule is CC1CCN([C@@H](C)C(=O)Nc2ccc(F)cc2)CC1. The van der Waals surface area contributed by atoms with E-state index in [1.165, 1.54) is 12.1 Å². The van der Waals surface area contributed by atoms with Gasteiger partial charge in [-0.05, 0) is 63.0 Å². The molecule has 0 aliphatic carbocycles. The maximum Gasteiger partial charge on any atom is 0.241 e. The fraction of sp³-hybridized carbons (Fsp3) is 0.533. The second kappa shape index (κ2) is 6.15. The molecule has 1 amide bonds. The maximum absolute atomic E-state index is 12.8. The van der Waals surface area contributed by atoms with Crippen molar-refractivity contribution in [3.05, 3.63) is 30.1 Å². The number of anilines is 1. The minimum absolute atomic E-state index is 0.0267. The van der Waals surface area contributed by atoms with Crippen LogP contribution in [0.15, 0.2) is 24.3 Å². The molecule has 0 saturated carbocycles. The van der Waals surface area contributed by atoms with E-state index in [2.05, 4.69) is 17.1 Å². The van der Waals surface area contributed by atoms with Gasteiger partial charge in [0.1, 0.15) is 5.82 Å². The van der Waals surface area contributed by atoms with Crippen LogP contribution in [-0.4, -0.2) is 29.9 Å². The molecule has 4 heteroatoms. The van der Waals surface area contributed by atoms with Crippen LogP contribution in [0, 0.1) is 11.7 Å². The number of amides is 1. The number of nitrogens with zero attached hydrogens (tertiary/aromatic N) is 1. The molecule has 1 atom stereocenters. The molecule has 2 rings (SSSR count). The van der Waals surface area contributed by atoms with Crippen LogP contribution in [-0.2, 0) is 4.79 Å². The fourth-order valence-corrected chi connectivity index (χ4v) is 2.36. The van der Waals surface area contributed by atoms with Crippen LogP contribution in [0.5, 0.6) is 0 Å². The van der Waals surface area contributed by atoms with Gasteiger partial charge in [0.15, 0.2) is 0 Å². The highest BCUT2D eigenvalue weighted by Gasteiger charge is 2.24. The lowest BCUT2D eigenvalue weighted by atomic mass is 9.98. The van der Waals surface area contributed by atoms with E-state index in [1.54, 1.807) is 12.1 Å². The van der Waals surface area contributed by atoms with E-state index >= 15 is 0 Å². The van der Waals surface area contributed by atoms with Gasteiger partial charge in [0.25, 0.3) is 0 Å². The molecule has 104 valence electrons. The second-order valence-corrected chi connectivity index (χ2v) is 5.39. The summed E-state index contributed by atoms with van der Waals surface area (Å²) in [5, 5.41) is 2.83.